The van der Waals surface area contributed by atoms with Crippen molar-refractivity contribution in [2.75, 3.05) is 6.61 Å². The van der Waals surface area contributed by atoms with Gasteiger partial charge in [0.15, 0.2) is 23.0 Å². The van der Waals surface area contributed by atoms with E-state index in [1.54, 1.807) is 23.0 Å². The van der Waals surface area contributed by atoms with Gasteiger partial charge < -0.3 is 7.80 Å². The van der Waals surface area contributed by atoms with Crippen LogP contribution >= 0.6 is 23.0 Å². The van der Waals surface area contributed by atoms with Gasteiger partial charge in [-0.2, -0.15) is 0 Å². The van der Waals surface area contributed by atoms with Crippen molar-refractivity contribution in [2.45, 2.75) is 58.3 Å². The van der Waals surface area contributed by atoms with Crippen LogP contribution in [-0.4, -0.2) is 18.5 Å². The van der Waals surface area contributed by atoms with E-state index >= 15 is 0 Å². The molecule has 0 aromatic heterocycles. The van der Waals surface area contributed by atoms with Crippen molar-refractivity contribution in [3.05, 3.63) is 0 Å². The second kappa shape index (κ2) is 9.55. The molecule has 1 aliphatic carbocycles. The van der Waals surface area contributed by atoms with Crippen LogP contribution in [0.2, 0.25) is 0 Å². The number of hydrogen-bond donors (Lipinski definition) is 0. The van der Waals surface area contributed by atoms with Crippen molar-refractivity contribution in [3.63, 3.8) is 0 Å². The SMILES string of the molecule is CC1CCC(C(=O)OCCCCCC(=O)OI)CC1. The van der Waals surface area contributed by atoms with E-state index in [1.165, 1.54) is 0 Å². The van der Waals surface area contributed by atoms with Gasteiger partial charge in [0.05, 0.1) is 12.5 Å². The largest absolute Gasteiger partial charge is 0.465 e. The third-order valence-electron chi connectivity index (χ3n) is 3.70. The van der Waals surface area contributed by atoms with Crippen LogP contribution in [0.1, 0.15) is 58.3 Å². The molecule has 1 saturated carbocycles. The van der Waals surface area contributed by atoms with E-state index < -0.39 is 0 Å². The molecule has 0 heterocycles. The fourth-order valence-electron chi connectivity index (χ4n) is 2.37. The lowest BCUT2D eigenvalue weighted by Gasteiger charge is -2.24. The molecule has 0 amide bonds. The molecule has 19 heavy (non-hydrogen) atoms. The summed E-state index contributed by atoms with van der Waals surface area (Å²) in [5, 5.41) is 0. The molecule has 0 spiro atoms. The summed E-state index contributed by atoms with van der Waals surface area (Å²) in [6, 6.07) is 0. The Morgan fingerprint density at radius 3 is 2.42 bits per heavy atom. The van der Waals surface area contributed by atoms with Crippen LogP contribution in [0.4, 0.5) is 0 Å². The van der Waals surface area contributed by atoms with Crippen LogP contribution in [0, 0.1) is 11.8 Å². The Balaban J connectivity index is 2.00. The number of esters is 1. The molecular formula is C14H23IO4. The highest BCUT2D eigenvalue weighted by molar-refractivity contribution is 14.1. The minimum Gasteiger partial charge on any atom is -0.465 e. The lowest BCUT2D eigenvalue weighted by Crippen LogP contribution is -2.23. The second-order valence-corrected chi connectivity index (χ2v) is 5.82. The molecule has 110 valence electrons. The Hall–Kier alpha value is -0.330. The second-order valence-electron chi connectivity index (χ2n) is 5.38. The molecule has 1 rings (SSSR count). The molecule has 0 bridgehead atoms. The zero-order valence-corrected chi connectivity index (χ0v) is 13.7. The van der Waals surface area contributed by atoms with Gasteiger partial charge in [0, 0.05) is 6.42 Å². The topological polar surface area (TPSA) is 52.6 Å². The van der Waals surface area contributed by atoms with Gasteiger partial charge in [-0.05, 0) is 50.9 Å². The molecule has 0 N–H and O–H groups in total. The highest BCUT2D eigenvalue weighted by Crippen LogP contribution is 2.29. The number of carbonyl (C=O) groups is 2. The molecule has 1 fully saturated rings. The van der Waals surface area contributed by atoms with Crippen LogP contribution in [0.3, 0.4) is 0 Å². The Labute approximate surface area is 129 Å². The minimum absolute atomic E-state index is 0.0291. The summed E-state index contributed by atoms with van der Waals surface area (Å²) in [4.78, 5) is 22.7. The summed E-state index contributed by atoms with van der Waals surface area (Å²) in [5.74, 6) is 0.652. The first kappa shape index (κ1) is 16.7. The van der Waals surface area contributed by atoms with Gasteiger partial charge in [-0.15, -0.1) is 0 Å². The third kappa shape index (κ3) is 7.13. The quantitative estimate of drug-likeness (QED) is 0.382. The maximum Gasteiger partial charge on any atom is 0.315 e. The van der Waals surface area contributed by atoms with Crippen molar-refractivity contribution in [1.29, 1.82) is 0 Å². The summed E-state index contributed by atoms with van der Waals surface area (Å²) in [6.45, 7) is 2.71. The zero-order chi connectivity index (χ0) is 14.1. The van der Waals surface area contributed by atoms with Gasteiger partial charge in [-0.1, -0.05) is 6.92 Å². The fourth-order valence-corrected chi connectivity index (χ4v) is 2.59. The molecule has 0 aromatic rings. The van der Waals surface area contributed by atoms with Crippen molar-refractivity contribution in [2.24, 2.45) is 11.8 Å². The summed E-state index contributed by atoms with van der Waals surface area (Å²) < 4.78 is 9.82. The fraction of sp³-hybridized carbons (Fsp3) is 0.857. The zero-order valence-electron chi connectivity index (χ0n) is 11.5. The Kier molecular flexibility index (Phi) is 8.41. The van der Waals surface area contributed by atoms with Crippen LogP contribution in [0.25, 0.3) is 0 Å². The molecule has 5 heteroatoms. The summed E-state index contributed by atoms with van der Waals surface area (Å²) in [6.07, 6.45) is 7.17. The van der Waals surface area contributed by atoms with Crippen molar-refractivity contribution in [1.82, 2.24) is 0 Å². The summed E-state index contributed by atoms with van der Waals surface area (Å²) >= 11 is 1.60. The van der Waals surface area contributed by atoms with Gasteiger partial charge in [0.2, 0.25) is 0 Å². The van der Waals surface area contributed by atoms with E-state index in [2.05, 4.69) is 9.99 Å². The smallest absolute Gasteiger partial charge is 0.315 e. The summed E-state index contributed by atoms with van der Waals surface area (Å²) in [7, 11) is 0. The Bertz CT molecular complexity index is 285. The first-order chi connectivity index (χ1) is 9.13. The standard InChI is InChI=1S/C14H23IO4/c1-11-6-8-12(9-7-11)14(17)18-10-4-2-3-5-13(16)19-15/h11-12H,2-10H2,1H3. The number of halogens is 1. The van der Waals surface area contributed by atoms with Gasteiger partial charge in [-0.25, -0.2) is 0 Å². The molecule has 4 nitrogen and oxygen atoms in total. The number of rotatable bonds is 7. The Morgan fingerprint density at radius 2 is 1.79 bits per heavy atom. The van der Waals surface area contributed by atoms with Gasteiger partial charge in [0.25, 0.3) is 0 Å². The first-order valence-electron chi connectivity index (χ1n) is 7.11. The normalized spacial score (nSPS) is 22.8. The predicted molar refractivity (Wildman–Crippen MR) is 80.7 cm³/mol. The van der Waals surface area contributed by atoms with E-state index in [0.717, 1.165) is 50.9 Å². The van der Waals surface area contributed by atoms with Gasteiger partial charge >= 0.3 is 11.9 Å². The van der Waals surface area contributed by atoms with E-state index in [0.29, 0.717) is 13.0 Å². The molecule has 0 radical (unpaired) electrons. The molecular weight excluding hydrogens is 359 g/mol. The number of hydrogen-bond acceptors (Lipinski definition) is 4. The van der Waals surface area contributed by atoms with Crippen LogP contribution in [-0.2, 0) is 17.4 Å². The number of ether oxygens (including phenoxy) is 1. The van der Waals surface area contributed by atoms with E-state index in [1.807, 2.05) is 0 Å². The maximum atomic E-state index is 11.8. The van der Waals surface area contributed by atoms with Crippen molar-refractivity contribution >= 4 is 34.9 Å². The molecule has 0 unspecified atom stereocenters. The predicted octanol–water partition coefficient (Wildman–Crippen LogP) is 3.81. The average Bonchev–Trinajstić information content (AvgIpc) is 2.42. The van der Waals surface area contributed by atoms with E-state index in [-0.39, 0.29) is 17.9 Å². The molecule has 0 saturated heterocycles. The highest BCUT2D eigenvalue weighted by atomic mass is 127. The molecule has 0 atom stereocenters. The monoisotopic (exact) mass is 382 g/mol. The van der Waals surface area contributed by atoms with Gasteiger partial charge in [0.1, 0.15) is 0 Å². The first-order valence-corrected chi connectivity index (χ1v) is 7.99. The minimum atomic E-state index is -0.186. The highest BCUT2D eigenvalue weighted by Gasteiger charge is 2.25. The van der Waals surface area contributed by atoms with Crippen molar-refractivity contribution in [3.8, 4) is 0 Å². The van der Waals surface area contributed by atoms with Crippen LogP contribution < -0.4 is 0 Å². The van der Waals surface area contributed by atoms with E-state index in [9.17, 15) is 9.59 Å². The third-order valence-corrected chi connectivity index (χ3v) is 4.20. The summed E-state index contributed by atoms with van der Waals surface area (Å²) in [5.41, 5.74) is 0. The molecule has 0 aliphatic heterocycles. The maximum absolute atomic E-state index is 11.8. The number of unbranched alkanes of at least 4 members (excludes halogenated alkanes) is 2. The Morgan fingerprint density at radius 1 is 1.11 bits per heavy atom. The van der Waals surface area contributed by atoms with Gasteiger partial charge in [-0.3, -0.25) is 9.59 Å². The van der Waals surface area contributed by atoms with Crippen molar-refractivity contribution < 1.29 is 17.4 Å². The number of carbonyl (C=O) groups excluding carboxylic acids is 2. The average molecular weight is 382 g/mol. The lowest BCUT2D eigenvalue weighted by atomic mass is 9.83. The van der Waals surface area contributed by atoms with Crippen LogP contribution in [0.5, 0.6) is 0 Å². The lowest BCUT2D eigenvalue weighted by molar-refractivity contribution is -0.150. The molecule has 1 aliphatic rings. The van der Waals surface area contributed by atoms with Crippen LogP contribution in [0.15, 0.2) is 0 Å². The molecule has 0 aromatic carbocycles. The van der Waals surface area contributed by atoms with E-state index in [4.69, 9.17) is 4.74 Å².